The standard InChI is InChI=1S/C10H17F3/c1-4-6-8-9(3,7-5-2)10(11,12)13/h6,8H,4-5,7H2,1-3H3. The maximum absolute atomic E-state index is 12.6. The second-order valence-corrected chi connectivity index (χ2v) is 3.48. The van der Waals surface area contributed by atoms with E-state index in [0.29, 0.717) is 12.8 Å². The van der Waals surface area contributed by atoms with E-state index in [1.807, 2.05) is 6.92 Å². The summed E-state index contributed by atoms with van der Waals surface area (Å²) >= 11 is 0. The van der Waals surface area contributed by atoms with Crippen LogP contribution in [0.4, 0.5) is 13.2 Å². The molecule has 0 rings (SSSR count). The first kappa shape index (κ1) is 12.5. The number of halogens is 3. The average Bonchev–Trinajstić information content (AvgIpc) is 1.99. The van der Waals surface area contributed by atoms with Crippen LogP contribution in [0, 0.1) is 5.41 Å². The minimum absolute atomic E-state index is 0.160. The molecule has 13 heavy (non-hydrogen) atoms. The predicted octanol–water partition coefficient (Wildman–Crippen LogP) is 4.32. The smallest absolute Gasteiger partial charge is 0.170 e. The van der Waals surface area contributed by atoms with E-state index in [-0.39, 0.29) is 6.42 Å². The van der Waals surface area contributed by atoms with Crippen molar-refractivity contribution in [2.75, 3.05) is 0 Å². The molecule has 0 aliphatic carbocycles. The Hall–Kier alpha value is -0.470. The van der Waals surface area contributed by atoms with E-state index in [1.54, 1.807) is 13.0 Å². The molecule has 0 heterocycles. The molecule has 78 valence electrons. The van der Waals surface area contributed by atoms with Crippen LogP contribution in [0.5, 0.6) is 0 Å². The molecule has 0 fully saturated rings. The fourth-order valence-electron chi connectivity index (χ4n) is 1.22. The second-order valence-electron chi connectivity index (χ2n) is 3.48. The predicted molar refractivity (Wildman–Crippen MR) is 48.5 cm³/mol. The molecule has 1 atom stereocenters. The summed E-state index contributed by atoms with van der Waals surface area (Å²) in [6, 6.07) is 0. The van der Waals surface area contributed by atoms with Crippen molar-refractivity contribution in [1.29, 1.82) is 0 Å². The third-order valence-corrected chi connectivity index (χ3v) is 2.14. The number of alkyl halides is 3. The van der Waals surface area contributed by atoms with Crippen LogP contribution in [0.25, 0.3) is 0 Å². The van der Waals surface area contributed by atoms with Crippen LogP contribution in [-0.4, -0.2) is 6.18 Å². The zero-order valence-electron chi connectivity index (χ0n) is 8.41. The van der Waals surface area contributed by atoms with E-state index < -0.39 is 11.6 Å². The molecule has 0 amide bonds. The van der Waals surface area contributed by atoms with Gasteiger partial charge in [-0.15, -0.1) is 0 Å². The van der Waals surface area contributed by atoms with Crippen LogP contribution in [-0.2, 0) is 0 Å². The Bertz CT molecular complexity index is 169. The summed E-state index contributed by atoms with van der Waals surface area (Å²) in [4.78, 5) is 0. The van der Waals surface area contributed by atoms with Gasteiger partial charge in [-0.2, -0.15) is 13.2 Å². The van der Waals surface area contributed by atoms with Gasteiger partial charge in [-0.1, -0.05) is 32.4 Å². The zero-order valence-corrected chi connectivity index (χ0v) is 8.41. The Labute approximate surface area is 77.8 Å². The van der Waals surface area contributed by atoms with Gasteiger partial charge in [0.05, 0.1) is 5.41 Å². The highest BCUT2D eigenvalue weighted by Gasteiger charge is 2.48. The van der Waals surface area contributed by atoms with Crippen molar-refractivity contribution >= 4 is 0 Å². The number of rotatable bonds is 4. The fourth-order valence-corrected chi connectivity index (χ4v) is 1.22. The van der Waals surface area contributed by atoms with E-state index in [4.69, 9.17) is 0 Å². The number of hydrogen-bond donors (Lipinski definition) is 0. The molecule has 0 nitrogen and oxygen atoms in total. The first-order chi connectivity index (χ1) is 5.87. The molecule has 0 saturated heterocycles. The minimum atomic E-state index is -4.13. The lowest BCUT2D eigenvalue weighted by molar-refractivity contribution is -0.202. The minimum Gasteiger partial charge on any atom is -0.170 e. The lowest BCUT2D eigenvalue weighted by atomic mass is 9.84. The molecule has 0 aliphatic rings. The van der Waals surface area contributed by atoms with Gasteiger partial charge in [0.25, 0.3) is 0 Å². The molecule has 0 aromatic rings. The molecule has 0 spiro atoms. The van der Waals surface area contributed by atoms with E-state index in [9.17, 15) is 13.2 Å². The Morgan fingerprint density at radius 3 is 2.00 bits per heavy atom. The summed E-state index contributed by atoms with van der Waals surface area (Å²) in [5, 5.41) is 0. The van der Waals surface area contributed by atoms with Crippen molar-refractivity contribution in [1.82, 2.24) is 0 Å². The maximum atomic E-state index is 12.6. The van der Waals surface area contributed by atoms with E-state index in [2.05, 4.69) is 0 Å². The second kappa shape index (κ2) is 4.68. The molecule has 0 radical (unpaired) electrons. The van der Waals surface area contributed by atoms with Crippen LogP contribution in [0.1, 0.15) is 40.0 Å². The Balaban J connectivity index is 4.62. The van der Waals surface area contributed by atoms with Crippen LogP contribution in [0.3, 0.4) is 0 Å². The van der Waals surface area contributed by atoms with Crippen molar-refractivity contribution in [3.8, 4) is 0 Å². The zero-order chi connectivity index (χ0) is 10.5. The third kappa shape index (κ3) is 3.41. The summed E-state index contributed by atoms with van der Waals surface area (Å²) < 4.78 is 37.7. The van der Waals surface area contributed by atoms with Gasteiger partial charge >= 0.3 is 6.18 Å². The van der Waals surface area contributed by atoms with Crippen LogP contribution < -0.4 is 0 Å². The normalized spacial score (nSPS) is 17.7. The molecular formula is C10H17F3. The topological polar surface area (TPSA) is 0 Å². The quantitative estimate of drug-likeness (QED) is 0.584. The molecule has 1 unspecified atom stereocenters. The monoisotopic (exact) mass is 194 g/mol. The highest BCUT2D eigenvalue weighted by atomic mass is 19.4. The molecule has 0 aliphatic heterocycles. The molecule has 0 N–H and O–H groups in total. The van der Waals surface area contributed by atoms with Gasteiger partial charge in [-0.05, 0) is 19.8 Å². The van der Waals surface area contributed by atoms with E-state index in [0.717, 1.165) is 0 Å². The highest BCUT2D eigenvalue weighted by Crippen LogP contribution is 2.42. The first-order valence-electron chi connectivity index (χ1n) is 4.61. The number of allylic oxidation sites excluding steroid dienone is 2. The summed E-state index contributed by atoms with van der Waals surface area (Å²) in [6.07, 6.45) is 0.0980. The Morgan fingerprint density at radius 2 is 1.69 bits per heavy atom. The van der Waals surface area contributed by atoms with Gasteiger partial charge in [-0.3, -0.25) is 0 Å². The summed E-state index contributed by atoms with van der Waals surface area (Å²) in [6.45, 7) is 4.85. The highest BCUT2D eigenvalue weighted by molar-refractivity contribution is 5.01. The largest absolute Gasteiger partial charge is 0.397 e. The van der Waals surface area contributed by atoms with Gasteiger partial charge in [-0.25, -0.2) is 0 Å². The Kier molecular flexibility index (Phi) is 4.51. The van der Waals surface area contributed by atoms with Crippen LogP contribution in [0.2, 0.25) is 0 Å². The van der Waals surface area contributed by atoms with Gasteiger partial charge in [0, 0.05) is 0 Å². The molecular weight excluding hydrogens is 177 g/mol. The SMILES string of the molecule is CCC=CC(C)(CCC)C(F)(F)F. The van der Waals surface area contributed by atoms with Crippen molar-refractivity contribution in [3.63, 3.8) is 0 Å². The summed E-state index contributed by atoms with van der Waals surface area (Å²) in [7, 11) is 0. The molecule has 0 aromatic carbocycles. The number of hydrogen-bond acceptors (Lipinski definition) is 0. The Morgan fingerprint density at radius 1 is 1.15 bits per heavy atom. The fraction of sp³-hybridized carbons (Fsp3) is 0.800. The van der Waals surface area contributed by atoms with Gasteiger partial charge in [0.15, 0.2) is 0 Å². The molecule has 0 bridgehead atoms. The summed E-state index contributed by atoms with van der Waals surface area (Å²) in [5.41, 5.74) is -1.64. The average molecular weight is 194 g/mol. The van der Waals surface area contributed by atoms with Crippen LogP contribution >= 0.6 is 0 Å². The lowest BCUT2D eigenvalue weighted by Gasteiger charge is -2.28. The van der Waals surface area contributed by atoms with Crippen molar-refractivity contribution in [3.05, 3.63) is 12.2 Å². The third-order valence-electron chi connectivity index (χ3n) is 2.14. The van der Waals surface area contributed by atoms with Crippen molar-refractivity contribution in [2.24, 2.45) is 5.41 Å². The first-order valence-corrected chi connectivity index (χ1v) is 4.61. The maximum Gasteiger partial charge on any atom is 0.397 e. The van der Waals surface area contributed by atoms with E-state index >= 15 is 0 Å². The van der Waals surface area contributed by atoms with Gasteiger partial charge in [0.2, 0.25) is 0 Å². The molecule has 0 saturated carbocycles. The van der Waals surface area contributed by atoms with Gasteiger partial charge < -0.3 is 0 Å². The van der Waals surface area contributed by atoms with Gasteiger partial charge in [0.1, 0.15) is 0 Å². The lowest BCUT2D eigenvalue weighted by Crippen LogP contribution is -2.33. The van der Waals surface area contributed by atoms with Crippen molar-refractivity contribution < 1.29 is 13.2 Å². The molecule has 3 heteroatoms. The summed E-state index contributed by atoms with van der Waals surface area (Å²) in [5.74, 6) is 0. The van der Waals surface area contributed by atoms with Crippen LogP contribution in [0.15, 0.2) is 12.2 Å². The van der Waals surface area contributed by atoms with E-state index in [1.165, 1.54) is 13.0 Å². The molecule has 0 aromatic heterocycles. The van der Waals surface area contributed by atoms with Crippen molar-refractivity contribution in [2.45, 2.75) is 46.2 Å².